The molecule has 4 rings (SSSR count). The van der Waals surface area contributed by atoms with E-state index in [4.69, 9.17) is 10.2 Å². The maximum absolute atomic E-state index is 13.3. The molecule has 29 heavy (non-hydrogen) atoms. The van der Waals surface area contributed by atoms with Crippen LogP contribution < -0.4 is 5.56 Å². The van der Waals surface area contributed by atoms with E-state index in [0.29, 0.717) is 11.8 Å². The van der Waals surface area contributed by atoms with Crippen molar-refractivity contribution in [3.63, 3.8) is 0 Å². The molecule has 0 amide bonds. The number of hydrogen-bond acceptors (Lipinski definition) is 4. The van der Waals surface area contributed by atoms with Crippen LogP contribution in [0.15, 0.2) is 53.3 Å². The van der Waals surface area contributed by atoms with E-state index >= 15 is 0 Å². The van der Waals surface area contributed by atoms with E-state index in [0.717, 1.165) is 55.5 Å². The smallest absolute Gasteiger partial charge is 0.274 e. The molecule has 1 saturated heterocycles. The molecular formula is C23H26FN3O2. The first-order chi connectivity index (χ1) is 14.2. The summed E-state index contributed by atoms with van der Waals surface area (Å²) in [5.74, 6) is -0.260. The van der Waals surface area contributed by atoms with Gasteiger partial charge >= 0.3 is 0 Å². The first kappa shape index (κ1) is 19.7. The largest absolute Gasteiger partial charge is 0.396 e. The molecule has 0 radical (unpaired) electrons. The van der Waals surface area contributed by atoms with E-state index in [-0.39, 0.29) is 24.0 Å². The van der Waals surface area contributed by atoms with E-state index in [1.165, 1.54) is 12.1 Å². The van der Waals surface area contributed by atoms with Gasteiger partial charge in [0.15, 0.2) is 0 Å². The highest BCUT2D eigenvalue weighted by molar-refractivity contribution is 5.83. The number of halogens is 1. The fraction of sp³-hybridized carbons (Fsp3) is 0.391. The Kier molecular flexibility index (Phi) is 6.02. The third-order valence-corrected chi connectivity index (χ3v) is 5.73. The van der Waals surface area contributed by atoms with Gasteiger partial charge < -0.3 is 10.0 Å². The summed E-state index contributed by atoms with van der Waals surface area (Å²) < 4.78 is 14.9. The number of rotatable bonds is 6. The van der Waals surface area contributed by atoms with E-state index in [2.05, 4.69) is 4.90 Å². The molecule has 0 atom stereocenters. The number of hydrogen-bond donors (Lipinski definition) is 1. The Labute approximate surface area is 169 Å². The molecule has 0 bridgehead atoms. The summed E-state index contributed by atoms with van der Waals surface area (Å²) in [6, 6.07) is 14.1. The van der Waals surface area contributed by atoms with Gasteiger partial charge in [0.1, 0.15) is 5.82 Å². The van der Waals surface area contributed by atoms with Gasteiger partial charge in [0, 0.05) is 38.0 Å². The second-order valence-corrected chi connectivity index (χ2v) is 7.70. The van der Waals surface area contributed by atoms with Crippen molar-refractivity contribution in [3.05, 3.63) is 76.0 Å². The molecule has 5 nitrogen and oxygen atoms in total. The van der Waals surface area contributed by atoms with Crippen molar-refractivity contribution in [1.82, 2.24) is 14.7 Å². The number of nitrogens with zero attached hydrogens (tertiary/aromatic N) is 3. The summed E-state index contributed by atoms with van der Waals surface area (Å²) in [7, 11) is 0. The number of aliphatic hydroxyl groups is 1. The first-order valence-electron chi connectivity index (χ1n) is 10.2. The molecule has 1 aliphatic rings. The zero-order valence-electron chi connectivity index (χ0n) is 16.4. The molecule has 1 aromatic heterocycles. The molecule has 1 N–H and O–H groups in total. The molecule has 6 heteroatoms. The Morgan fingerprint density at radius 2 is 1.72 bits per heavy atom. The van der Waals surface area contributed by atoms with Gasteiger partial charge in [-0.25, -0.2) is 9.07 Å². The van der Waals surface area contributed by atoms with Crippen LogP contribution in [0.2, 0.25) is 0 Å². The lowest BCUT2D eigenvalue weighted by atomic mass is 10.0. The van der Waals surface area contributed by atoms with Crippen molar-refractivity contribution in [1.29, 1.82) is 0 Å². The number of aliphatic hydroxyl groups excluding tert-OH is 1. The third kappa shape index (κ3) is 4.38. The van der Waals surface area contributed by atoms with Crippen LogP contribution in [0.1, 0.15) is 36.6 Å². The zero-order valence-corrected chi connectivity index (χ0v) is 16.4. The summed E-state index contributed by atoms with van der Waals surface area (Å²) >= 11 is 0. The van der Waals surface area contributed by atoms with Gasteiger partial charge in [0.05, 0.1) is 17.1 Å². The predicted molar refractivity (Wildman–Crippen MR) is 112 cm³/mol. The van der Waals surface area contributed by atoms with Gasteiger partial charge in [-0.05, 0) is 43.0 Å². The quantitative estimate of drug-likeness (QED) is 0.697. The molecule has 2 heterocycles. The van der Waals surface area contributed by atoms with Gasteiger partial charge in [0.25, 0.3) is 5.56 Å². The second kappa shape index (κ2) is 8.84. The Morgan fingerprint density at radius 1 is 1.03 bits per heavy atom. The fourth-order valence-corrected chi connectivity index (χ4v) is 4.13. The monoisotopic (exact) mass is 395 g/mol. The Morgan fingerprint density at radius 3 is 2.41 bits per heavy atom. The van der Waals surface area contributed by atoms with Crippen LogP contribution in [-0.2, 0) is 6.42 Å². The van der Waals surface area contributed by atoms with Crippen molar-refractivity contribution < 1.29 is 9.50 Å². The summed E-state index contributed by atoms with van der Waals surface area (Å²) in [5, 5.41) is 15.4. The van der Waals surface area contributed by atoms with Gasteiger partial charge in [0.2, 0.25) is 0 Å². The lowest BCUT2D eigenvalue weighted by Crippen LogP contribution is -2.39. The topological polar surface area (TPSA) is 58.4 Å². The van der Waals surface area contributed by atoms with Gasteiger partial charge in [-0.2, -0.15) is 5.10 Å². The SMILES string of the molecule is O=c1c2ccccc2c(Cc2ccc(F)cc2)nn1C1CCN(CCCO)CC1. The Bertz CT molecular complexity index is 1020. The number of aromatic nitrogens is 2. The van der Waals surface area contributed by atoms with Crippen LogP contribution in [0.4, 0.5) is 4.39 Å². The van der Waals surface area contributed by atoms with E-state index in [1.54, 1.807) is 16.8 Å². The van der Waals surface area contributed by atoms with Gasteiger partial charge in [-0.1, -0.05) is 30.3 Å². The van der Waals surface area contributed by atoms with E-state index in [9.17, 15) is 9.18 Å². The van der Waals surface area contributed by atoms with Crippen LogP contribution in [-0.4, -0.2) is 46.0 Å². The van der Waals surface area contributed by atoms with E-state index in [1.807, 2.05) is 24.3 Å². The molecule has 0 unspecified atom stereocenters. The van der Waals surface area contributed by atoms with Gasteiger partial charge in [-0.3, -0.25) is 4.79 Å². The lowest BCUT2D eigenvalue weighted by molar-refractivity contribution is 0.162. The first-order valence-corrected chi connectivity index (χ1v) is 10.2. The summed E-state index contributed by atoms with van der Waals surface area (Å²) in [6.45, 7) is 2.90. The molecule has 0 spiro atoms. The predicted octanol–water partition coefficient (Wildman–Crippen LogP) is 3.15. The van der Waals surface area contributed by atoms with Crippen molar-refractivity contribution in [2.24, 2.45) is 0 Å². The van der Waals surface area contributed by atoms with Crippen LogP contribution in [0.25, 0.3) is 10.8 Å². The molecule has 1 aliphatic heterocycles. The Hall–Kier alpha value is -2.57. The van der Waals surface area contributed by atoms with Crippen LogP contribution >= 0.6 is 0 Å². The number of piperidine rings is 1. The summed E-state index contributed by atoms with van der Waals surface area (Å²) in [6.07, 6.45) is 3.07. The molecule has 1 fully saturated rings. The maximum Gasteiger partial charge on any atom is 0.274 e. The highest BCUT2D eigenvalue weighted by atomic mass is 19.1. The highest BCUT2D eigenvalue weighted by Crippen LogP contribution is 2.23. The van der Waals surface area contributed by atoms with Crippen molar-refractivity contribution in [3.8, 4) is 0 Å². The molecular weight excluding hydrogens is 369 g/mol. The molecule has 3 aromatic rings. The zero-order chi connectivity index (χ0) is 20.2. The number of likely N-dealkylation sites (tertiary alicyclic amines) is 1. The van der Waals surface area contributed by atoms with E-state index < -0.39 is 0 Å². The highest BCUT2D eigenvalue weighted by Gasteiger charge is 2.23. The van der Waals surface area contributed by atoms with Crippen molar-refractivity contribution in [2.45, 2.75) is 31.7 Å². The minimum atomic E-state index is -0.260. The fourth-order valence-electron chi connectivity index (χ4n) is 4.13. The standard InChI is InChI=1S/C23H26FN3O2/c24-18-8-6-17(7-9-18)16-22-20-4-1-2-5-21(20)23(29)27(25-22)19-10-13-26(14-11-19)12-3-15-28/h1-2,4-9,19,28H,3,10-16H2. The number of fused-ring (bicyclic) bond motifs is 1. The van der Waals surface area contributed by atoms with Crippen LogP contribution in [0, 0.1) is 5.82 Å². The summed E-state index contributed by atoms with van der Waals surface area (Å²) in [5.41, 5.74) is 1.76. The van der Waals surface area contributed by atoms with Gasteiger partial charge in [-0.15, -0.1) is 0 Å². The van der Waals surface area contributed by atoms with Crippen molar-refractivity contribution >= 4 is 10.8 Å². The summed E-state index contributed by atoms with van der Waals surface area (Å²) in [4.78, 5) is 15.5. The average molecular weight is 395 g/mol. The molecule has 0 aliphatic carbocycles. The minimum Gasteiger partial charge on any atom is -0.396 e. The normalized spacial score (nSPS) is 15.8. The Balaban J connectivity index is 1.65. The average Bonchev–Trinajstić information content (AvgIpc) is 2.76. The lowest BCUT2D eigenvalue weighted by Gasteiger charge is -2.32. The number of benzene rings is 2. The molecule has 0 saturated carbocycles. The molecule has 2 aromatic carbocycles. The maximum atomic E-state index is 13.3. The van der Waals surface area contributed by atoms with Crippen LogP contribution in [0.3, 0.4) is 0 Å². The third-order valence-electron chi connectivity index (χ3n) is 5.73. The van der Waals surface area contributed by atoms with Crippen molar-refractivity contribution in [2.75, 3.05) is 26.2 Å². The van der Waals surface area contributed by atoms with Crippen LogP contribution in [0.5, 0.6) is 0 Å². The molecule has 152 valence electrons. The minimum absolute atomic E-state index is 0.0442. The second-order valence-electron chi connectivity index (χ2n) is 7.70.